The topological polar surface area (TPSA) is 75.4 Å². The second kappa shape index (κ2) is 5.87. The molecule has 7 heteroatoms. The van der Waals surface area contributed by atoms with Gasteiger partial charge in [0.25, 0.3) is 5.56 Å². The first kappa shape index (κ1) is 14.3. The summed E-state index contributed by atoms with van der Waals surface area (Å²) < 4.78 is 1.32. The molecule has 0 atom stereocenters. The molecule has 6 nitrogen and oxygen atoms in total. The molecular weight excluding hydrogens is 278 g/mol. The summed E-state index contributed by atoms with van der Waals surface area (Å²) in [7, 11) is 1.89. The quantitative estimate of drug-likeness (QED) is 0.904. The van der Waals surface area contributed by atoms with Gasteiger partial charge < -0.3 is 10.0 Å². The molecule has 0 unspecified atom stereocenters. The lowest BCUT2D eigenvalue weighted by Gasteiger charge is -2.16. The van der Waals surface area contributed by atoms with Gasteiger partial charge in [0.1, 0.15) is 4.88 Å². The van der Waals surface area contributed by atoms with Crippen LogP contribution < -0.4 is 10.5 Å². The third kappa shape index (κ3) is 3.05. The fraction of sp³-hybridized carbons (Fsp3) is 0.308. The van der Waals surface area contributed by atoms with Crippen molar-refractivity contribution in [3.8, 4) is 0 Å². The smallest absolute Gasteiger partial charge is 0.345 e. The van der Waals surface area contributed by atoms with Gasteiger partial charge in [-0.15, -0.1) is 11.3 Å². The monoisotopic (exact) mass is 293 g/mol. The molecule has 0 saturated carbocycles. The van der Waals surface area contributed by atoms with Gasteiger partial charge in [-0.3, -0.25) is 4.79 Å². The Morgan fingerprint density at radius 3 is 2.80 bits per heavy atom. The van der Waals surface area contributed by atoms with Gasteiger partial charge in [-0.25, -0.2) is 9.48 Å². The van der Waals surface area contributed by atoms with Gasteiger partial charge in [-0.05, 0) is 19.1 Å². The van der Waals surface area contributed by atoms with Crippen LogP contribution in [0, 0.1) is 0 Å². The van der Waals surface area contributed by atoms with E-state index in [9.17, 15) is 9.59 Å². The van der Waals surface area contributed by atoms with E-state index in [0.717, 1.165) is 28.4 Å². The number of carboxylic acids is 1. The van der Waals surface area contributed by atoms with Gasteiger partial charge in [0.05, 0.1) is 18.4 Å². The Morgan fingerprint density at radius 1 is 1.50 bits per heavy atom. The SMILES string of the molecule is CCN(C)c1cnn(Cc2ccc(C(=O)O)s2)c(=O)c1. The van der Waals surface area contributed by atoms with Crippen molar-refractivity contribution >= 4 is 23.0 Å². The van der Waals surface area contributed by atoms with Crippen LogP contribution in [0.1, 0.15) is 21.5 Å². The highest BCUT2D eigenvalue weighted by Crippen LogP contribution is 2.17. The van der Waals surface area contributed by atoms with Gasteiger partial charge in [-0.2, -0.15) is 5.10 Å². The highest BCUT2D eigenvalue weighted by atomic mass is 32.1. The summed E-state index contributed by atoms with van der Waals surface area (Å²) in [5.74, 6) is -0.957. The molecule has 0 fully saturated rings. The number of thiophene rings is 1. The molecule has 2 aromatic rings. The van der Waals surface area contributed by atoms with E-state index in [0.29, 0.717) is 0 Å². The van der Waals surface area contributed by atoms with Crippen molar-refractivity contribution in [2.24, 2.45) is 0 Å². The largest absolute Gasteiger partial charge is 0.477 e. The molecule has 2 rings (SSSR count). The summed E-state index contributed by atoms with van der Waals surface area (Å²) in [6.07, 6.45) is 1.64. The number of anilines is 1. The molecule has 0 aliphatic rings. The van der Waals surface area contributed by atoms with Crippen molar-refractivity contribution in [1.82, 2.24) is 9.78 Å². The van der Waals surface area contributed by atoms with E-state index in [1.165, 1.54) is 16.8 Å². The molecule has 2 aromatic heterocycles. The number of rotatable bonds is 5. The van der Waals surface area contributed by atoms with Crippen LogP contribution in [0.4, 0.5) is 5.69 Å². The second-order valence-corrected chi connectivity index (χ2v) is 5.46. The van der Waals surface area contributed by atoms with Crippen molar-refractivity contribution in [2.45, 2.75) is 13.5 Å². The molecule has 1 N–H and O–H groups in total. The number of aromatic nitrogens is 2. The third-order valence-electron chi connectivity index (χ3n) is 2.95. The van der Waals surface area contributed by atoms with E-state index < -0.39 is 5.97 Å². The molecule has 0 aromatic carbocycles. The molecule has 2 heterocycles. The van der Waals surface area contributed by atoms with Crippen LogP contribution in [0.15, 0.2) is 29.2 Å². The van der Waals surface area contributed by atoms with E-state index in [-0.39, 0.29) is 17.0 Å². The molecule has 0 saturated heterocycles. The standard InChI is InChI=1S/C13H15N3O3S/c1-3-15(2)9-6-12(17)16(14-7-9)8-10-4-5-11(20-10)13(18)19/h4-7H,3,8H2,1-2H3,(H,18,19). The zero-order chi connectivity index (χ0) is 14.7. The van der Waals surface area contributed by atoms with Crippen LogP contribution in [0.25, 0.3) is 0 Å². The van der Waals surface area contributed by atoms with E-state index in [1.807, 2.05) is 18.9 Å². The first-order valence-electron chi connectivity index (χ1n) is 6.11. The summed E-state index contributed by atoms with van der Waals surface area (Å²) in [6.45, 7) is 3.07. The molecule has 0 radical (unpaired) electrons. The summed E-state index contributed by atoms with van der Waals surface area (Å²) in [5, 5.41) is 13.0. The van der Waals surface area contributed by atoms with Crippen molar-refractivity contribution in [1.29, 1.82) is 0 Å². The number of hydrogen-bond acceptors (Lipinski definition) is 5. The van der Waals surface area contributed by atoms with E-state index in [4.69, 9.17) is 5.11 Å². The number of nitrogens with zero attached hydrogens (tertiary/aromatic N) is 3. The Balaban J connectivity index is 2.21. The Labute approximate surface area is 119 Å². The van der Waals surface area contributed by atoms with Gasteiger partial charge in [0.15, 0.2) is 0 Å². The Kier molecular flexibility index (Phi) is 4.19. The van der Waals surface area contributed by atoms with Crippen LogP contribution in [0.5, 0.6) is 0 Å². The summed E-state index contributed by atoms with van der Waals surface area (Å²) in [4.78, 5) is 25.7. The van der Waals surface area contributed by atoms with Crippen molar-refractivity contribution in [3.05, 3.63) is 44.5 Å². The molecule has 20 heavy (non-hydrogen) atoms. The van der Waals surface area contributed by atoms with Crippen LogP contribution in [0.2, 0.25) is 0 Å². The van der Waals surface area contributed by atoms with E-state index in [2.05, 4.69) is 5.10 Å². The summed E-state index contributed by atoms with van der Waals surface area (Å²) in [5.41, 5.74) is 0.569. The fourth-order valence-electron chi connectivity index (χ4n) is 1.66. The highest BCUT2D eigenvalue weighted by Gasteiger charge is 2.09. The maximum atomic E-state index is 12.0. The Bertz CT molecular complexity index is 677. The van der Waals surface area contributed by atoms with E-state index in [1.54, 1.807) is 12.3 Å². The minimum Gasteiger partial charge on any atom is -0.477 e. The lowest BCUT2D eigenvalue weighted by Crippen LogP contribution is -2.25. The molecule has 0 aliphatic carbocycles. The molecule has 0 bridgehead atoms. The van der Waals surface area contributed by atoms with Crippen molar-refractivity contribution < 1.29 is 9.90 Å². The molecular formula is C13H15N3O3S. The zero-order valence-corrected chi connectivity index (χ0v) is 12.1. The molecule has 0 spiro atoms. The summed E-state index contributed by atoms with van der Waals surface area (Å²) >= 11 is 1.15. The number of carboxylic acid groups (broad SMARTS) is 1. The first-order chi connectivity index (χ1) is 9.51. The lowest BCUT2D eigenvalue weighted by atomic mass is 10.4. The van der Waals surface area contributed by atoms with Gasteiger partial charge in [0, 0.05) is 24.5 Å². The van der Waals surface area contributed by atoms with Crippen LogP contribution in [-0.2, 0) is 6.54 Å². The van der Waals surface area contributed by atoms with Crippen LogP contribution >= 0.6 is 11.3 Å². The normalized spacial score (nSPS) is 10.5. The van der Waals surface area contributed by atoms with E-state index >= 15 is 0 Å². The molecule has 106 valence electrons. The Morgan fingerprint density at radius 2 is 2.25 bits per heavy atom. The minimum absolute atomic E-state index is 0.201. The average molecular weight is 293 g/mol. The fourth-order valence-corrected chi connectivity index (χ4v) is 2.49. The van der Waals surface area contributed by atoms with Crippen LogP contribution in [-0.4, -0.2) is 34.4 Å². The first-order valence-corrected chi connectivity index (χ1v) is 6.93. The van der Waals surface area contributed by atoms with Crippen molar-refractivity contribution in [3.63, 3.8) is 0 Å². The van der Waals surface area contributed by atoms with Crippen LogP contribution in [0.3, 0.4) is 0 Å². The minimum atomic E-state index is -0.957. The predicted molar refractivity (Wildman–Crippen MR) is 77.8 cm³/mol. The van der Waals surface area contributed by atoms with Gasteiger partial charge >= 0.3 is 5.97 Å². The number of aromatic carboxylic acids is 1. The maximum Gasteiger partial charge on any atom is 0.345 e. The van der Waals surface area contributed by atoms with Crippen molar-refractivity contribution in [2.75, 3.05) is 18.5 Å². The maximum absolute atomic E-state index is 12.0. The lowest BCUT2D eigenvalue weighted by molar-refractivity contribution is 0.0702. The predicted octanol–water partition coefficient (Wildman–Crippen LogP) is 1.51. The zero-order valence-electron chi connectivity index (χ0n) is 11.2. The summed E-state index contributed by atoms with van der Waals surface area (Å²) in [6, 6.07) is 4.77. The number of hydrogen-bond donors (Lipinski definition) is 1. The number of carbonyl (C=O) groups is 1. The molecule has 0 aliphatic heterocycles. The van der Waals surface area contributed by atoms with Gasteiger partial charge in [0.2, 0.25) is 0 Å². The highest BCUT2D eigenvalue weighted by molar-refractivity contribution is 7.13. The second-order valence-electron chi connectivity index (χ2n) is 4.29. The third-order valence-corrected chi connectivity index (χ3v) is 4.01. The van der Waals surface area contributed by atoms with Gasteiger partial charge in [-0.1, -0.05) is 0 Å². The Hall–Kier alpha value is -2.15. The average Bonchev–Trinajstić information content (AvgIpc) is 2.89. The molecule has 0 amide bonds.